The van der Waals surface area contributed by atoms with Crippen molar-refractivity contribution in [3.63, 3.8) is 0 Å². The van der Waals surface area contributed by atoms with Crippen LogP contribution in [0.3, 0.4) is 0 Å². The third kappa shape index (κ3) is 5.26. The van der Waals surface area contributed by atoms with Crippen molar-refractivity contribution in [3.8, 4) is 11.1 Å². The Bertz CT molecular complexity index is 932. The first-order valence-corrected chi connectivity index (χ1v) is 9.81. The van der Waals surface area contributed by atoms with Gasteiger partial charge < -0.3 is 4.74 Å². The second-order valence-electron chi connectivity index (χ2n) is 6.93. The van der Waals surface area contributed by atoms with Crippen LogP contribution in [0.5, 0.6) is 0 Å². The molecular formula is C20H20F3NO2S2. The fourth-order valence-corrected chi connectivity index (χ4v) is 3.06. The number of halogens is 3. The van der Waals surface area contributed by atoms with Gasteiger partial charge in [-0.2, -0.15) is 17.6 Å². The lowest BCUT2D eigenvalue weighted by Gasteiger charge is -2.16. The van der Waals surface area contributed by atoms with Crippen LogP contribution in [0.2, 0.25) is 0 Å². The van der Waals surface area contributed by atoms with Crippen LogP contribution >= 0.6 is 12.2 Å². The van der Waals surface area contributed by atoms with E-state index in [0.29, 0.717) is 16.7 Å². The number of thiocarbonyl (C=S) groups is 1. The summed E-state index contributed by atoms with van der Waals surface area (Å²) in [6.07, 6.45) is -3.29. The minimum atomic E-state index is -4.51. The molecule has 0 bridgehead atoms. The van der Waals surface area contributed by atoms with Crippen molar-refractivity contribution in [3.05, 3.63) is 59.2 Å². The summed E-state index contributed by atoms with van der Waals surface area (Å²) in [4.78, 5) is 0. The zero-order chi connectivity index (χ0) is 21.1. The zero-order valence-electron chi connectivity index (χ0n) is 15.8. The van der Waals surface area contributed by atoms with Crippen LogP contribution in [0, 0.1) is 0 Å². The first kappa shape index (κ1) is 22.2. The molecule has 3 nitrogen and oxygen atoms in total. The van der Waals surface area contributed by atoms with Crippen LogP contribution in [0.15, 0.2) is 46.9 Å². The maximum atomic E-state index is 13.2. The molecule has 1 atom stereocenters. The van der Waals surface area contributed by atoms with E-state index in [2.05, 4.69) is 4.40 Å². The van der Waals surface area contributed by atoms with Gasteiger partial charge >= 0.3 is 6.18 Å². The topological polar surface area (TPSA) is 38.7 Å². The van der Waals surface area contributed by atoms with E-state index in [9.17, 15) is 17.4 Å². The van der Waals surface area contributed by atoms with Gasteiger partial charge in [0, 0.05) is 17.3 Å². The first-order chi connectivity index (χ1) is 12.9. The molecule has 0 aliphatic carbocycles. The van der Waals surface area contributed by atoms with Crippen LogP contribution in [0.4, 0.5) is 13.2 Å². The highest BCUT2D eigenvalue weighted by Gasteiger charge is 2.31. The molecule has 0 N–H and O–H groups in total. The number of methoxy groups -OCH3 is 1. The summed E-state index contributed by atoms with van der Waals surface area (Å²) in [5, 5.41) is 0.219. The number of hydrogen-bond acceptors (Lipinski definition) is 3. The van der Waals surface area contributed by atoms with Gasteiger partial charge in [-0.15, -0.1) is 0 Å². The molecule has 0 aliphatic rings. The smallest absolute Gasteiger partial charge is 0.416 e. The lowest BCUT2D eigenvalue weighted by atomic mass is 9.94. The second-order valence-corrected chi connectivity index (χ2v) is 9.24. The molecule has 1 unspecified atom stereocenters. The van der Waals surface area contributed by atoms with Crippen molar-refractivity contribution in [1.82, 2.24) is 0 Å². The molecular weight excluding hydrogens is 407 g/mol. The Morgan fingerprint density at radius 3 is 2.32 bits per heavy atom. The van der Waals surface area contributed by atoms with Gasteiger partial charge in [-0.1, -0.05) is 24.3 Å². The lowest BCUT2D eigenvalue weighted by Crippen LogP contribution is -2.19. The summed E-state index contributed by atoms with van der Waals surface area (Å²) in [7, 11) is -0.177. The van der Waals surface area contributed by atoms with Gasteiger partial charge in [-0.3, -0.25) is 0 Å². The van der Waals surface area contributed by atoms with Crippen molar-refractivity contribution >= 4 is 34.5 Å². The van der Waals surface area contributed by atoms with Gasteiger partial charge in [0.1, 0.15) is 11.0 Å². The number of alkyl halides is 3. The summed E-state index contributed by atoms with van der Waals surface area (Å²) >= 11 is 5.21. The average Bonchev–Trinajstić information content (AvgIpc) is 2.63. The van der Waals surface area contributed by atoms with Gasteiger partial charge in [0.25, 0.3) is 0 Å². The number of nitrogens with zero attached hydrogens (tertiary/aromatic N) is 1. The number of hydrogen-bond donors (Lipinski definition) is 0. The highest BCUT2D eigenvalue weighted by molar-refractivity contribution is 7.85. The molecule has 0 heterocycles. The molecule has 0 aliphatic heterocycles. The average molecular weight is 428 g/mol. The van der Waals surface area contributed by atoms with E-state index >= 15 is 0 Å². The van der Waals surface area contributed by atoms with E-state index in [1.54, 1.807) is 45.0 Å². The maximum absolute atomic E-state index is 13.2. The second kappa shape index (κ2) is 8.53. The number of rotatable bonds is 4. The van der Waals surface area contributed by atoms with Crippen LogP contribution in [-0.4, -0.2) is 27.3 Å². The molecule has 0 radical (unpaired) electrons. The van der Waals surface area contributed by atoms with E-state index in [1.807, 2.05) is 0 Å². The van der Waals surface area contributed by atoms with E-state index in [4.69, 9.17) is 17.0 Å². The molecule has 2 aromatic rings. The van der Waals surface area contributed by atoms with Crippen molar-refractivity contribution in [2.24, 2.45) is 4.40 Å². The minimum Gasteiger partial charge on any atom is -0.486 e. The summed E-state index contributed by atoms with van der Waals surface area (Å²) in [6.45, 7) is 5.21. The molecule has 0 fully saturated rings. The minimum absolute atomic E-state index is 0.193. The molecule has 0 aromatic heterocycles. The lowest BCUT2D eigenvalue weighted by molar-refractivity contribution is -0.137. The predicted molar refractivity (Wildman–Crippen MR) is 111 cm³/mol. The molecule has 0 spiro atoms. The monoisotopic (exact) mass is 427 g/mol. The van der Waals surface area contributed by atoms with Gasteiger partial charge in [0.05, 0.1) is 17.4 Å². The van der Waals surface area contributed by atoms with E-state index in [0.717, 1.165) is 12.1 Å². The van der Waals surface area contributed by atoms with E-state index in [-0.39, 0.29) is 10.6 Å². The highest BCUT2D eigenvalue weighted by Crippen LogP contribution is 2.34. The Morgan fingerprint density at radius 2 is 1.75 bits per heavy atom. The fraction of sp³-hybridized carbons (Fsp3) is 0.300. The summed E-state index contributed by atoms with van der Waals surface area (Å²) in [6, 6.07) is 10.3. The molecule has 28 heavy (non-hydrogen) atoms. The fourth-order valence-electron chi connectivity index (χ4n) is 2.36. The summed E-state index contributed by atoms with van der Waals surface area (Å²) in [5.74, 6) is 0. The Kier molecular flexibility index (Phi) is 6.77. The normalized spacial score (nSPS) is 13.5. The molecule has 8 heteroatoms. The summed E-state index contributed by atoms with van der Waals surface area (Å²) in [5.41, 5.74) is 1.04. The zero-order valence-corrected chi connectivity index (χ0v) is 17.5. The first-order valence-electron chi connectivity index (χ1n) is 8.30. The molecule has 150 valence electrons. The largest absolute Gasteiger partial charge is 0.486 e. The molecule has 0 amide bonds. The van der Waals surface area contributed by atoms with Gasteiger partial charge in [-0.25, -0.2) is 4.21 Å². The van der Waals surface area contributed by atoms with Crippen molar-refractivity contribution in [1.29, 1.82) is 0 Å². The third-order valence-corrected chi connectivity index (χ3v) is 5.54. The predicted octanol–water partition coefficient (Wildman–Crippen LogP) is 5.58. The van der Waals surface area contributed by atoms with E-state index < -0.39 is 27.5 Å². The number of ether oxygens (including phenoxy) is 1. The quantitative estimate of drug-likeness (QED) is 0.473. The maximum Gasteiger partial charge on any atom is 0.416 e. The SMILES string of the molecule is COC(=S)c1ccccc1-c1ccc(C(F)(F)F)cc1/C=N/S(=O)C(C)(C)C. The Morgan fingerprint density at radius 1 is 1.11 bits per heavy atom. The molecule has 2 rings (SSSR count). The van der Waals surface area contributed by atoms with Crippen molar-refractivity contribution in [2.45, 2.75) is 31.7 Å². The highest BCUT2D eigenvalue weighted by atomic mass is 32.2. The van der Waals surface area contributed by atoms with Crippen LogP contribution in [-0.2, 0) is 21.9 Å². The van der Waals surface area contributed by atoms with Gasteiger partial charge in [0.15, 0.2) is 5.05 Å². The van der Waals surface area contributed by atoms with Crippen molar-refractivity contribution < 1.29 is 22.1 Å². The van der Waals surface area contributed by atoms with Gasteiger partial charge in [-0.05, 0) is 62.3 Å². The van der Waals surface area contributed by atoms with Crippen LogP contribution in [0.25, 0.3) is 11.1 Å². The molecule has 0 saturated heterocycles. The number of benzene rings is 2. The Labute approximate surface area is 170 Å². The Hall–Kier alpha value is -2.06. The molecule has 2 aromatic carbocycles. The Balaban J connectivity index is 2.67. The van der Waals surface area contributed by atoms with Crippen LogP contribution in [0.1, 0.15) is 37.5 Å². The van der Waals surface area contributed by atoms with E-state index in [1.165, 1.54) is 19.4 Å². The third-order valence-electron chi connectivity index (χ3n) is 3.81. The molecule has 0 saturated carbocycles. The van der Waals surface area contributed by atoms with Crippen molar-refractivity contribution in [2.75, 3.05) is 7.11 Å². The van der Waals surface area contributed by atoms with Gasteiger partial charge in [0.2, 0.25) is 0 Å². The standard InChI is InChI=1S/C20H20F3NO2S2/c1-19(2,3)28(25)24-12-13-11-14(20(21,22)23)9-10-15(13)16-7-5-6-8-17(16)18(27)26-4/h5-12H,1-4H3/b24-12+. The summed E-state index contributed by atoms with van der Waals surface area (Å²) < 4.78 is 60.3. The van der Waals surface area contributed by atoms with Crippen LogP contribution < -0.4 is 0 Å².